The number of ether oxygens (including phenoxy) is 1. The number of amides is 2. The highest BCUT2D eigenvalue weighted by Crippen LogP contribution is 2.28. The summed E-state index contributed by atoms with van der Waals surface area (Å²) in [5, 5.41) is 23.2. The van der Waals surface area contributed by atoms with E-state index in [1.807, 2.05) is 18.0 Å². The lowest BCUT2D eigenvalue weighted by atomic mass is 10.2. The van der Waals surface area contributed by atoms with E-state index in [4.69, 9.17) is 9.84 Å². The number of aromatic nitrogens is 2. The molecule has 0 aliphatic heterocycles. The van der Waals surface area contributed by atoms with Crippen molar-refractivity contribution in [3.8, 4) is 22.9 Å². The van der Waals surface area contributed by atoms with E-state index < -0.39 is 23.8 Å². The number of pyridine rings is 1. The summed E-state index contributed by atoms with van der Waals surface area (Å²) in [6.07, 6.45) is 3.07. The minimum Gasteiger partial charge on any atom is -0.457 e. The fourth-order valence-electron chi connectivity index (χ4n) is 4.42. The third kappa shape index (κ3) is 9.39. The fourth-order valence-corrected chi connectivity index (χ4v) is 4.42. The lowest BCUT2D eigenvalue weighted by Gasteiger charge is -2.18. The van der Waals surface area contributed by atoms with Gasteiger partial charge in [-0.3, -0.25) is 4.98 Å². The molecule has 232 valence electrons. The van der Waals surface area contributed by atoms with Crippen LogP contribution in [0.4, 0.5) is 25.0 Å². The van der Waals surface area contributed by atoms with Crippen LogP contribution in [0.1, 0.15) is 17.5 Å². The van der Waals surface area contributed by atoms with Gasteiger partial charge in [0.1, 0.15) is 23.1 Å². The van der Waals surface area contributed by atoms with Crippen LogP contribution in [0.5, 0.6) is 11.5 Å². The van der Waals surface area contributed by atoms with Crippen molar-refractivity contribution in [1.82, 2.24) is 14.9 Å². The van der Waals surface area contributed by atoms with Gasteiger partial charge in [0.2, 0.25) is 6.54 Å². The molecule has 2 aromatic heterocycles. The van der Waals surface area contributed by atoms with Crippen LogP contribution in [0, 0.1) is 23.5 Å². The zero-order valence-electron chi connectivity index (χ0n) is 24.4. The lowest BCUT2D eigenvalue weighted by Crippen LogP contribution is -2.32. The topological polar surface area (TPSA) is 143 Å². The molecule has 4 rings (SSSR count). The van der Waals surface area contributed by atoms with Crippen LogP contribution in [0.2, 0.25) is 0 Å². The SMILES string of the molecule is Cc1ccc(F)c(NC(=O)Nc2ccc(Oc3ccnc(-c4cc(C[N+](=O)CCCN(C)CC(O)CO)c[nH]4)c3)cc2F)c1. The van der Waals surface area contributed by atoms with E-state index in [-0.39, 0.29) is 30.3 Å². The maximum absolute atomic E-state index is 14.8. The Balaban J connectivity index is 1.31. The molecule has 0 aliphatic carbocycles. The van der Waals surface area contributed by atoms with Gasteiger partial charge in [0.25, 0.3) is 0 Å². The van der Waals surface area contributed by atoms with Crippen LogP contribution in [-0.4, -0.2) is 75.3 Å². The number of nitrogens with zero attached hydrogens (tertiary/aromatic N) is 3. The summed E-state index contributed by atoms with van der Waals surface area (Å²) >= 11 is 0. The van der Waals surface area contributed by atoms with Crippen LogP contribution in [0.25, 0.3) is 11.4 Å². The van der Waals surface area contributed by atoms with Gasteiger partial charge in [-0.05, 0) is 55.9 Å². The van der Waals surface area contributed by atoms with Crippen molar-refractivity contribution < 1.29 is 33.3 Å². The Morgan fingerprint density at radius 1 is 1.07 bits per heavy atom. The number of aliphatic hydroxyl groups is 2. The van der Waals surface area contributed by atoms with Crippen LogP contribution in [0.3, 0.4) is 0 Å². The minimum atomic E-state index is -0.804. The number of urea groups is 1. The summed E-state index contributed by atoms with van der Waals surface area (Å²) in [7, 11) is 1.82. The molecule has 2 aromatic carbocycles. The first kappa shape index (κ1) is 32.2. The maximum atomic E-state index is 14.8. The first-order chi connectivity index (χ1) is 21.1. The zero-order chi connectivity index (χ0) is 31.6. The van der Waals surface area contributed by atoms with Gasteiger partial charge in [-0.2, -0.15) is 0 Å². The molecule has 2 heterocycles. The van der Waals surface area contributed by atoms with Crippen LogP contribution >= 0.6 is 0 Å². The average Bonchev–Trinajstić information content (AvgIpc) is 3.45. The Hall–Kier alpha value is -4.72. The van der Waals surface area contributed by atoms with Crippen LogP contribution in [0.15, 0.2) is 67.0 Å². The Morgan fingerprint density at radius 2 is 1.84 bits per heavy atom. The van der Waals surface area contributed by atoms with E-state index in [1.165, 1.54) is 30.5 Å². The van der Waals surface area contributed by atoms with E-state index in [2.05, 4.69) is 20.6 Å². The number of hydrogen-bond donors (Lipinski definition) is 5. The normalized spacial score (nSPS) is 11.8. The molecule has 0 saturated carbocycles. The highest BCUT2D eigenvalue weighted by atomic mass is 19.1. The second kappa shape index (κ2) is 15.1. The Kier molecular flexibility index (Phi) is 11.1. The lowest BCUT2D eigenvalue weighted by molar-refractivity contribution is -0.565. The first-order valence-corrected chi connectivity index (χ1v) is 13.9. The summed E-state index contributed by atoms with van der Waals surface area (Å²) in [4.78, 5) is 34.0. The number of likely N-dealkylation sites (N-methyl/N-ethyl adjacent to an activating group) is 1. The number of halogens is 2. The Morgan fingerprint density at radius 3 is 2.61 bits per heavy atom. The number of hydrogen-bond acceptors (Lipinski definition) is 7. The zero-order valence-corrected chi connectivity index (χ0v) is 24.4. The molecule has 2 amide bonds. The molecule has 4 aromatic rings. The van der Waals surface area contributed by atoms with Crippen molar-refractivity contribution >= 4 is 17.4 Å². The van der Waals surface area contributed by atoms with E-state index in [0.717, 1.165) is 22.0 Å². The third-order valence-corrected chi connectivity index (χ3v) is 6.58. The summed E-state index contributed by atoms with van der Waals surface area (Å²) in [6.45, 7) is 2.88. The number of aryl methyl sites for hydroxylation is 1. The quantitative estimate of drug-likeness (QED) is 0.126. The average molecular weight is 610 g/mol. The molecule has 1 atom stereocenters. The Labute approximate surface area is 253 Å². The van der Waals surface area contributed by atoms with Crippen LogP contribution in [-0.2, 0) is 6.54 Å². The van der Waals surface area contributed by atoms with Crippen molar-refractivity contribution in [2.75, 3.05) is 43.9 Å². The second-order valence-electron chi connectivity index (χ2n) is 10.4. The van der Waals surface area contributed by atoms with E-state index in [0.29, 0.717) is 43.2 Å². The number of anilines is 2. The standard InChI is InChI=1S/C31H34F2N6O5/c1-20-4-6-25(32)28(12-20)37-31(42)36-27-7-5-23(14-26(27)33)44-24-8-9-34-30(15-24)29-13-21(16-35-29)17-39(43)11-3-10-38(2)18-22(41)19-40/h4-9,12-16,22,40-41H,3,10-11,17-19H2,1-2H3,(H2-,34,35,36,37,42)/p+1. The molecule has 11 nitrogen and oxygen atoms in total. The summed E-state index contributed by atoms with van der Waals surface area (Å²) in [5.41, 5.74) is 2.60. The second-order valence-corrected chi connectivity index (χ2v) is 10.4. The number of benzene rings is 2. The van der Waals surface area contributed by atoms with Crippen molar-refractivity contribution in [3.63, 3.8) is 0 Å². The molecule has 0 spiro atoms. The van der Waals surface area contributed by atoms with Crippen LogP contribution < -0.4 is 15.4 Å². The van der Waals surface area contributed by atoms with Gasteiger partial charge in [-0.15, -0.1) is 0 Å². The molecule has 5 N–H and O–H groups in total. The number of aliphatic hydroxyl groups excluding tert-OH is 2. The van der Waals surface area contributed by atoms with Crippen molar-refractivity contribution in [3.05, 3.63) is 94.7 Å². The smallest absolute Gasteiger partial charge is 0.323 e. The number of nitrogens with one attached hydrogen (secondary N) is 3. The van der Waals surface area contributed by atoms with Gasteiger partial charge >= 0.3 is 6.03 Å². The molecule has 0 fully saturated rings. The molecule has 0 radical (unpaired) electrons. The minimum absolute atomic E-state index is 0.0209. The van der Waals surface area contributed by atoms with Gasteiger partial charge in [0.15, 0.2) is 6.54 Å². The van der Waals surface area contributed by atoms with E-state index >= 15 is 0 Å². The maximum Gasteiger partial charge on any atom is 0.323 e. The monoisotopic (exact) mass is 609 g/mol. The number of carbonyl (C=O) groups excluding carboxylic acids is 1. The molecule has 1 unspecified atom stereocenters. The van der Waals surface area contributed by atoms with Crippen molar-refractivity contribution in [2.45, 2.75) is 26.0 Å². The van der Waals surface area contributed by atoms with Gasteiger partial charge in [0, 0.05) is 59.3 Å². The highest BCUT2D eigenvalue weighted by molar-refractivity contribution is 6.00. The number of rotatable bonds is 14. The third-order valence-electron chi connectivity index (χ3n) is 6.58. The predicted molar refractivity (Wildman–Crippen MR) is 162 cm³/mol. The molecule has 44 heavy (non-hydrogen) atoms. The molecular weight excluding hydrogens is 574 g/mol. The number of nitroso groups, excluding NO2 is 1. The molecule has 0 aliphatic rings. The molecule has 0 saturated heterocycles. The van der Waals surface area contributed by atoms with Gasteiger partial charge in [-0.25, -0.2) is 13.6 Å². The predicted octanol–water partition coefficient (Wildman–Crippen LogP) is 5.05. The summed E-state index contributed by atoms with van der Waals surface area (Å²) in [6, 6.07) is 12.5. The number of carbonyl (C=O) groups is 1. The largest absolute Gasteiger partial charge is 0.457 e. The van der Waals surface area contributed by atoms with E-state index in [1.54, 1.807) is 31.3 Å². The summed E-state index contributed by atoms with van der Waals surface area (Å²) in [5.74, 6) is -0.786. The number of H-pyrrole nitrogens is 1. The van der Waals surface area contributed by atoms with E-state index in [9.17, 15) is 23.6 Å². The molecular formula is C31H35F2N6O5+. The van der Waals surface area contributed by atoms with Gasteiger partial charge < -0.3 is 35.5 Å². The fraction of sp³-hybridized carbons (Fsp3) is 0.290. The Bertz CT molecular complexity index is 1600. The van der Waals surface area contributed by atoms with Gasteiger partial charge in [0.05, 0.1) is 35.5 Å². The highest BCUT2D eigenvalue weighted by Gasteiger charge is 2.15. The van der Waals surface area contributed by atoms with Crippen molar-refractivity contribution in [2.24, 2.45) is 0 Å². The molecule has 0 bridgehead atoms. The summed E-state index contributed by atoms with van der Waals surface area (Å²) < 4.78 is 35.5. The van der Waals surface area contributed by atoms with Gasteiger partial charge in [-0.1, -0.05) is 6.07 Å². The first-order valence-electron chi connectivity index (χ1n) is 13.9. The molecule has 13 heteroatoms. The number of aromatic amines is 1. The van der Waals surface area contributed by atoms with Crippen molar-refractivity contribution in [1.29, 1.82) is 0 Å².